The second-order valence-corrected chi connectivity index (χ2v) is 6.65. The zero-order valence-electron chi connectivity index (χ0n) is 14.3. The fraction of sp³-hybridized carbons (Fsp3) is 0.421. The molecule has 0 saturated heterocycles. The predicted molar refractivity (Wildman–Crippen MR) is 107 cm³/mol. The minimum absolute atomic E-state index is 0. The van der Waals surface area contributed by atoms with Gasteiger partial charge >= 0.3 is 5.97 Å². The minimum atomic E-state index is -0.434. The molecule has 0 radical (unpaired) electrons. The lowest BCUT2D eigenvalue weighted by Crippen LogP contribution is -2.19. The number of methoxy groups -OCH3 is 1. The van der Waals surface area contributed by atoms with E-state index in [4.69, 9.17) is 9.47 Å². The topological polar surface area (TPSA) is 72.8 Å². The maximum absolute atomic E-state index is 11.6. The van der Waals surface area contributed by atoms with Gasteiger partial charge in [-0.25, -0.2) is 9.78 Å². The molecule has 0 spiro atoms. The summed E-state index contributed by atoms with van der Waals surface area (Å²) in [7, 11) is 3.31. The van der Waals surface area contributed by atoms with Crippen LogP contribution in [0.25, 0.3) is 10.9 Å². The third-order valence-corrected chi connectivity index (χ3v) is 4.91. The fourth-order valence-electron chi connectivity index (χ4n) is 2.52. The highest BCUT2D eigenvalue weighted by molar-refractivity contribution is 8.14. The van der Waals surface area contributed by atoms with Crippen LogP contribution in [0.2, 0.25) is 0 Å². The van der Waals surface area contributed by atoms with E-state index in [0.29, 0.717) is 12.4 Å². The summed E-state index contributed by atoms with van der Waals surface area (Å²) in [5.41, 5.74) is 1.66. The van der Waals surface area contributed by atoms with Crippen molar-refractivity contribution in [2.24, 2.45) is 4.99 Å². The number of hydrogen-bond donors (Lipinski definition) is 1. The summed E-state index contributed by atoms with van der Waals surface area (Å²) in [6.07, 6.45) is 0.962. The number of aliphatic imine (C=N–C) groups is 1. The average Bonchev–Trinajstić information content (AvgIpc) is 3.14. The zero-order chi connectivity index (χ0) is 17.6. The summed E-state index contributed by atoms with van der Waals surface area (Å²) in [6.45, 7) is 1.62. The molecule has 0 bridgehead atoms. The normalized spacial score (nSPS) is 16.1. The van der Waals surface area contributed by atoms with Crippen molar-refractivity contribution < 1.29 is 14.3 Å². The van der Waals surface area contributed by atoms with Gasteiger partial charge in [0.1, 0.15) is 10.8 Å². The molecule has 3 rings (SSSR count). The predicted octanol–water partition coefficient (Wildman–Crippen LogP) is 2.89. The molecule has 1 aromatic carbocycles. The van der Waals surface area contributed by atoms with Gasteiger partial charge in [-0.2, -0.15) is 0 Å². The smallest absolute Gasteiger partial charge is 0.331 e. The molecular weight excluding hydrogens is 350 g/mol. The fourth-order valence-corrected chi connectivity index (χ4v) is 3.51. The molecule has 0 aliphatic carbocycles. The number of rotatable bonds is 7. The molecule has 26 heavy (non-hydrogen) atoms. The second-order valence-electron chi connectivity index (χ2n) is 5.64. The number of nitrogens with zero attached hydrogens (tertiary/aromatic N) is 2. The number of carbonyl (C=O) groups excluding carboxylic acids is 1. The molecule has 0 amide bonds. The molecule has 0 fully saturated rings. The van der Waals surface area contributed by atoms with Crippen molar-refractivity contribution in [1.82, 2.24) is 10.3 Å². The Kier molecular flexibility index (Phi) is 7.41. The van der Waals surface area contributed by atoms with Crippen LogP contribution < -0.4 is 10.1 Å². The van der Waals surface area contributed by atoms with E-state index in [0.717, 1.165) is 40.4 Å². The highest BCUT2D eigenvalue weighted by Gasteiger charge is 2.26. The molecule has 1 N–H and O–H groups in total. The van der Waals surface area contributed by atoms with Crippen LogP contribution >= 0.6 is 11.8 Å². The summed E-state index contributed by atoms with van der Waals surface area (Å²) >= 11 is 1.53. The summed E-state index contributed by atoms with van der Waals surface area (Å²) in [5, 5.41) is 4.90. The number of carbonyl (C=O) groups is 1. The molecule has 0 saturated carbocycles. The van der Waals surface area contributed by atoms with Crippen molar-refractivity contribution >= 4 is 33.7 Å². The Labute approximate surface area is 158 Å². The first-order chi connectivity index (χ1) is 12.2. The van der Waals surface area contributed by atoms with E-state index in [-0.39, 0.29) is 13.4 Å². The zero-order valence-corrected chi connectivity index (χ0v) is 15.1. The molecule has 2 aromatic rings. The van der Waals surface area contributed by atoms with E-state index >= 15 is 0 Å². The van der Waals surface area contributed by atoms with Gasteiger partial charge in [-0.15, -0.1) is 11.8 Å². The van der Waals surface area contributed by atoms with Crippen LogP contribution in [-0.4, -0.2) is 55.1 Å². The van der Waals surface area contributed by atoms with Gasteiger partial charge in [-0.1, -0.05) is 13.5 Å². The third-order valence-electron chi connectivity index (χ3n) is 3.84. The van der Waals surface area contributed by atoms with Crippen molar-refractivity contribution in [1.29, 1.82) is 0 Å². The summed E-state index contributed by atoms with van der Waals surface area (Å²) in [4.78, 5) is 20.7. The van der Waals surface area contributed by atoms with Crippen LogP contribution in [0.3, 0.4) is 0 Å². The van der Waals surface area contributed by atoms with E-state index in [2.05, 4.69) is 15.3 Å². The molecule has 7 heteroatoms. The van der Waals surface area contributed by atoms with Crippen molar-refractivity contribution in [3.05, 3.63) is 36.0 Å². The Morgan fingerprint density at radius 2 is 2.19 bits per heavy atom. The van der Waals surface area contributed by atoms with Crippen molar-refractivity contribution in [3.63, 3.8) is 0 Å². The van der Waals surface area contributed by atoms with E-state index < -0.39 is 6.04 Å². The number of thioether (sulfide) groups is 1. The summed E-state index contributed by atoms with van der Waals surface area (Å²) in [6, 6.07) is 9.37. The number of hydrogen-bond acceptors (Lipinski definition) is 7. The number of esters is 1. The lowest BCUT2D eigenvalue weighted by molar-refractivity contribution is -0.141. The van der Waals surface area contributed by atoms with Gasteiger partial charge in [-0.05, 0) is 44.3 Å². The van der Waals surface area contributed by atoms with Gasteiger partial charge in [-0.3, -0.25) is 4.99 Å². The molecule has 1 aliphatic rings. The van der Waals surface area contributed by atoms with E-state index in [1.807, 2.05) is 37.4 Å². The number of benzene rings is 1. The van der Waals surface area contributed by atoms with Gasteiger partial charge in [0.25, 0.3) is 0 Å². The molecule has 0 unspecified atom stereocenters. The molecule has 1 aromatic heterocycles. The first kappa shape index (κ1) is 20.2. The molecule has 6 nitrogen and oxygen atoms in total. The van der Waals surface area contributed by atoms with Crippen LogP contribution in [0.1, 0.15) is 19.5 Å². The molecule has 1 aliphatic heterocycles. The van der Waals surface area contributed by atoms with Crippen LogP contribution in [0.5, 0.6) is 5.75 Å². The lowest BCUT2D eigenvalue weighted by atomic mass is 10.2. The van der Waals surface area contributed by atoms with Crippen LogP contribution in [-0.2, 0) is 9.53 Å². The van der Waals surface area contributed by atoms with Gasteiger partial charge in [0.2, 0.25) is 0 Å². The number of nitrogens with one attached hydrogen (secondary N) is 1. The van der Waals surface area contributed by atoms with E-state index in [9.17, 15) is 4.79 Å². The number of pyridine rings is 1. The monoisotopic (exact) mass is 375 g/mol. The standard InChI is InChI=1S/C18H21N3O3S.CH4/c1-19-8-3-9-24-13-5-7-14-12(10-13)4-6-15(20-14)17-21-16(11-25-17)18(22)23-2;/h4-7,10,16,19H,3,8-9,11H2,1-2H3;1H4/t16-;/m1./s1. The Morgan fingerprint density at radius 3 is 2.96 bits per heavy atom. The second kappa shape index (κ2) is 9.54. The van der Waals surface area contributed by atoms with Gasteiger partial charge < -0.3 is 14.8 Å². The Balaban J connectivity index is 0.00000243. The van der Waals surface area contributed by atoms with Crippen LogP contribution in [0.4, 0.5) is 0 Å². The number of fused-ring (bicyclic) bond motifs is 1. The molecule has 140 valence electrons. The van der Waals surface area contributed by atoms with Gasteiger partial charge in [0.15, 0.2) is 6.04 Å². The first-order valence-corrected chi connectivity index (χ1v) is 9.17. The Hall–Kier alpha value is -2.12. The average molecular weight is 375 g/mol. The Bertz CT molecular complexity index is 795. The van der Waals surface area contributed by atoms with Crippen LogP contribution in [0, 0.1) is 0 Å². The van der Waals surface area contributed by atoms with Crippen LogP contribution in [0.15, 0.2) is 35.3 Å². The van der Waals surface area contributed by atoms with E-state index in [1.54, 1.807) is 0 Å². The molecule has 1 atom stereocenters. The Morgan fingerprint density at radius 1 is 1.35 bits per heavy atom. The van der Waals surface area contributed by atoms with Crippen molar-refractivity contribution in [2.75, 3.05) is 33.1 Å². The first-order valence-electron chi connectivity index (χ1n) is 8.18. The van der Waals surface area contributed by atoms with E-state index in [1.165, 1.54) is 18.9 Å². The number of ether oxygens (including phenoxy) is 2. The molecule has 2 heterocycles. The number of aromatic nitrogens is 1. The summed E-state index contributed by atoms with van der Waals surface area (Å²) in [5.74, 6) is 1.14. The third kappa shape index (κ3) is 4.74. The van der Waals surface area contributed by atoms with Crippen molar-refractivity contribution in [2.45, 2.75) is 19.9 Å². The highest BCUT2D eigenvalue weighted by Crippen LogP contribution is 2.26. The molecular formula is C19H25N3O3S. The quantitative estimate of drug-likeness (QED) is 0.593. The summed E-state index contributed by atoms with van der Waals surface area (Å²) < 4.78 is 10.5. The SMILES string of the molecule is C.CNCCCOc1ccc2nc(C3=N[C@@H](C(=O)OC)CS3)ccc2c1. The largest absolute Gasteiger partial charge is 0.494 e. The maximum atomic E-state index is 11.6. The highest BCUT2D eigenvalue weighted by atomic mass is 32.2. The lowest BCUT2D eigenvalue weighted by Gasteiger charge is -2.08. The van der Waals surface area contributed by atoms with Crippen molar-refractivity contribution in [3.8, 4) is 5.75 Å². The maximum Gasteiger partial charge on any atom is 0.331 e. The van der Waals surface area contributed by atoms with Gasteiger partial charge in [0.05, 0.1) is 24.9 Å². The minimum Gasteiger partial charge on any atom is -0.494 e. The van der Waals surface area contributed by atoms with Gasteiger partial charge in [0, 0.05) is 11.1 Å².